The number of aromatic nitrogens is 1. The minimum Gasteiger partial charge on any atom is -0.488 e. The lowest BCUT2D eigenvalue weighted by Crippen LogP contribution is -2.42. The van der Waals surface area contributed by atoms with E-state index in [2.05, 4.69) is 20.4 Å². The Balaban J connectivity index is 1.31. The number of halogens is 1. The molecule has 7 rings (SSSR count). The standard InChI is InChI=1S/C35H38FN5O5/c1-39(2)11-6-5-9-37-31-27(36)17-25-32-34(31)46-30-19-29-24(23-8-4-3-7-22(23)21-45-29)18-28(30)41(32)20-26(33(25)42)35(43)38-10-12-40-13-15-44-16-14-40/h3-4,7-8,17-20,37H,5-6,9-16,21H2,1-2H3,(H,38,43). The maximum absolute atomic E-state index is 15.9. The molecule has 10 nitrogen and oxygen atoms in total. The summed E-state index contributed by atoms with van der Waals surface area (Å²) in [6, 6.07) is 13.0. The fourth-order valence-corrected chi connectivity index (χ4v) is 6.38. The molecule has 0 saturated carbocycles. The van der Waals surface area contributed by atoms with Crippen molar-refractivity contribution in [3.8, 4) is 34.1 Å². The van der Waals surface area contributed by atoms with Crippen LogP contribution in [0.3, 0.4) is 0 Å². The number of benzene rings is 3. The second-order valence-corrected chi connectivity index (χ2v) is 12.2. The number of nitrogens with zero attached hydrogens (tertiary/aromatic N) is 3. The van der Waals surface area contributed by atoms with Crippen LogP contribution in [0.5, 0.6) is 17.2 Å². The van der Waals surface area contributed by atoms with Crippen molar-refractivity contribution in [2.45, 2.75) is 19.4 Å². The van der Waals surface area contributed by atoms with Gasteiger partial charge in [-0.3, -0.25) is 14.5 Å². The van der Waals surface area contributed by atoms with E-state index in [1.54, 1.807) is 16.8 Å². The quantitative estimate of drug-likeness (QED) is 0.217. The Morgan fingerprint density at radius 2 is 1.85 bits per heavy atom. The second kappa shape index (κ2) is 12.7. The predicted molar refractivity (Wildman–Crippen MR) is 175 cm³/mol. The van der Waals surface area contributed by atoms with Crippen molar-refractivity contribution in [3.63, 3.8) is 0 Å². The molecule has 11 heteroatoms. The van der Waals surface area contributed by atoms with Gasteiger partial charge < -0.3 is 34.3 Å². The lowest BCUT2D eigenvalue weighted by Gasteiger charge is -2.29. The van der Waals surface area contributed by atoms with E-state index in [1.165, 1.54) is 6.07 Å². The summed E-state index contributed by atoms with van der Waals surface area (Å²) in [7, 11) is 4.04. The lowest BCUT2D eigenvalue weighted by molar-refractivity contribution is 0.0383. The highest BCUT2D eigenvalue weighted by molar-refractivity contribution is 6.01. The first kappa shape index (κ1) is 30.2. The van der Waals surface area contributed by atoms with Gasteiger partial charge in [-0.25, -0.2) is 4.39 Å². The lowest BCUT2D eigenvalue weighted by atomic mass is 9.95. The first-order valence-corrected chi connectivity index (χ1v) is 15.8. The molecule has 0 atom stereocenters. The molecule has 0 bridgehead atoms. The topological polar surface area (TPSA) is 97.3 Å². The smallest absolute Gasteiger partial charge is 0.256 e. The molecule has 3 aromatic carbocycles. The zero-order valence-corrected chi connectivity index (χ0v) is 26.2. The maximum Gasteiger partial charge on any atom is 0.256 e. The first-order chi connectivity index (χ1) is 22.4. The molecule has 1 amide bonds. The largest absolute Gasteiger partial charge is 0.488 e. The van der Waals surface area contributed by atoms with Gasteiger partial charge in [-0.2, -0.15) is 0 Å². The Morgan fingerprint density at radius 3 is 2.67 bits per heavy atom. The fraction of sp³-hybridized carbons (Fsp3) is 0.371. The van der Waals surface area contributed by atoms with E-state index < -0.39 is 17.2 Å². The molecule has 2 N–H and O–H groups in total. The van der Waals surface area contributed by atoms with Crippen molar-refractivity contribution >= 4 is 22.5 Å². The van der Waals surface area contributed by atoms with Crippen LogP contribution in [0.15, 0.2) is 53.5 Å². The molecule has 3 aliphatic rings. The minimum atomic E-state index is -0.616. The van der Waals surface area contributed by atoms with Gasteiger partial charge in [0.05, 0.1) is 24.3 Å². The molecule has 46 heavy (non-hydrogen) atoms. The van der Waals surface area contributed by atoms with E-state index in [1.807, 2.05) is 44.4 Å². The zero-order valence-electron chi connectivity index (χ0n) is 26.2. The van der Waals surface area contributed by atoms with Gasteiger partial charge >= 0.3 is 0 Å². The van der Waals surface area contributed by atoms with Crippen molar-refractivity contribution in [1.29, 1.82) is 0 Å². The average molecular weight is 628 g/mol. The van der Waals surface area contributed by atoms with Gasteiger partial charge in [0.15, 0.2) is 17.3 Å². The number of rotatable bonds is 10. The van der Waals surface area contributed by atoms with E-state index >= 15 is 4.39 Å². The Kier molecular flexibility index (Phi) is 8.37. The summed E-state index contributed by atoms with van der Waals surface area (Å²) in [6.07, 6.45) is 3.32. The van der Waals surface area contributed by atoms with E-state index in [0.29, 0.717) is 62.2 Å². The number of carbonyl (C=O) groups is 1. The SMILES string of the molecule is CN(C)CCCCNc1c(F)cc2c(=O)c(C(=O)NCCN3CCOCC3)cn3c2c1Oc1cc2c(cc1-3)-c1ccccc1CO2. The molecule has 240 valence electrons. The van der Waals surface area contributed by atoms with Crippen molar-refractivity contribution in [2.24, 2.45) is 0 Å². The van der Waals surface area contributed by atoms with Crippen LogP contribution in [-0.4, -0.2) is 86.9 Å². The average Bonchev–Trinajstić information content (AvgIpc) is 3.06. The number of ether oxygens (including phenoxy) is 3. The molecule has 1 aromatic heterocycles. The summed E-state index contributed by atoms with van der Waals surface area (Å²) < 4.78 is 35.6. The molecule has 0 aliphatic carbocycles. The van der Waals surface area contributed by atoms with Crippen LogP contribution in [0.4, 0.5) is 10.1 Å². The van der Waals surface area contributed by atoms with Crippen LogP contribution in [0.2, 0.25) is 0 Å². The van der Waals surface area contributed by atoms with Gasteiger partial charge in [-0.15, -0.1) is 0 Å². The molecule has 0 spiro atoms. The molecule has 0 unspecified atom stereocenters. The Bertz CT molecular complexity index is 1870. The van der Waals surface area contributed by atoms with Crippen LogP contribution < -0.4 is 25.5 Å². The number of morpholine rings is 1. The highest BCUT2D eigenvalue weighted by Crippen LogP contribution is 2.49. The summed E-state index contributed by atoms with van der Waals surface area (Å²) in [5.41, 5.74) is 3.57. The Hall–Kier alpha value is -4.45. The summed E-state index contributed by atoms with van der Waals surface area (Å²) in [4.78, 5) is 31.7. The summed E-state index contributed by atoms with van der Waals surface area (Å²) in [5, 5.41) is 6.20. The predicted octanol–water partition coefficient (Wildman–Crippen LogP) is 4.61. The van der Waals surface area contributed by atoms with Crippen LogP contribution >= 0.6 is 0 Å². The number of amides is 1. The number of hydrogen-bond acceptors (Lipinski definition) is 8. The fourth-order valence-electron chi connectivity index (χ4n) is 6.38. The van der Waals surface area contributed by atoms with Crippen molar-refractivity contribution in [3.05, 3.63) is 75.8 Å². The molecule has 4 aromatic rings. The third kappa shape index (κ3) is 5.70. The van der Waals surface area contributed by atoms with E-state index in [0.717, 1.165) is 49.2 Å². The van der Waals surface area contributed by atoms with E-state index in [-0.39, 0.29) is 22.4 Å². The zero-order chi connectivity index (χ0) is 31.8. The number of pyridine rings is 1. The molecular formula is C35H38FN5O5. The van der Waals surface area contributed by atoms with Crippen molar-refractivity contribution in [2.75, 3.05) is 71.9 Å². The third-order valence-electron chi connectivity index (χ3n) is 8.81. The molecule has 1 fully saturated rings. The highest BCUT2D eigenvalue weighted by atomic mass is 19.1. The molecule has 3 aliphatic heterocycles. The monoisotopic (exact) mass is 627 g/mol. The first-order valence-electron chi connectivity index (χ1n) is 15.8. The normalized spacial score (nSPS) is 15.0. The molecular weight excluding hydrogens is 589 g/mol. The van der Waals surface area contributed by atoms with Gasteiger partial charge in [0.1, 0.15) is 29.1 Å². The van der Waals surface area contributed by atoms with Crippen LogP contribution in [0, 0.1) is 5.82 Å². The van der Waals surface area contributed by atoms with E-state index in [9.17, 15) is 9.59 Å². The van der Waals surface area contributed by atoms with Crippen LogP contribution in [-0.2, 0) is 11.3 Å². The number of carbonyl (C=O) groups excluding carboxylic acids is 1. The number of hydrogen-bond donors (Lipinski definition) is 2. The Labute approximate surface area is 266 Å². The summed E-state index contributed by atoms with van der Waals surface area (Å²) >= 11 is 0. The van der Waals surface area contributed by atoms with Crippen LogP contribution in [0.25, 0.3) is 27.7 Å². The van der Waals surface area contributed by atoms with Crippen molar-refractivity contribution < 1.29 is 23.4 Å². The van der Waals surface area contributed by atoms with Crippen molar-refractivity contribution in [1.82, 2.24) is 19.7 Å². The van der Waals surface area contributed by atoms with Gasteiger partial charge in [-0.1, -0.05) is 24.3 Å². The summed E-state index contributed by atoms with van der Waals surface area (Å²) in [5.74, 6) is 0.177. The number of nitrogens with one attached hydrogen (secondary N) is 2. The number of unbranched alkanes of at least 4 members (excludes halogenated alkanes) is 1. The third-order valence-corrected chi connectivity index (χ3v) is 8.81. The summed E-state index contributed by atoms with van der Waals surface area (Å²) in [6.45, 7) is 5.78. The maximum atomic E-state index is 15.9. The molecule has 0 radical (unpaired) electrons. The van der Waals surface area contributed by atoms with Gasteiger partial charge in [0.25, 0.3) is 5.91 Å². The highest BCUT2D eigenvalue weighted by Gasteiger charge is 2.31. The van der Waals surface area contributed by atoms with E-state index in [4.69, 9.17) is 14.2 Å². The molecule has 4 heterocycles. The minimum absolute atomic E-state index is 0.0635. The van der Waals surface area contributed by atoms with Gasteiger partial charge in [-0.05, 0) is 56.7 Å². The van der Waals surface area contributed by atoms with Gasteiger partial charge in [0, 0.05) is 50.6 Å². The Morgan fingerprint density at radius 1 is 1.02 bits per heavy atom. The number of fused-ring (bicyclic) bond motifs is 5. The molecule has 1 saturated heterocycles. The second-order valence-electron chi connectivity index (χ2n) is 12.2. The van der Waals surface area contributed by atoms with Crippen LogP contribution in [0.1, 0.15) is 28.8 Å². The van der Waals surface area contributed by atoms with Gasteiger partial charge in [0.2, 0.25) is 5.43 Å². The number of anilines is 1.